The standard InChI is InChI=1S/C15H15Cl2NO/c1-9(18)10-5-3-4-6-11(10)12-7-14(17)15(19-2)8-13(12)16/h3-9H,18H2,1-2H3. The van der Waals surface area contributed by atoms with Gasteiger partial charge in [-0.15, -0.1) is 0 Å². The predicted molar refractivity (Wildman–Crippen MR) is 81.1 cm³/mol. The van der Waals surface area contributed by atoms with Crippen LogP contribution in [0.25, 0.3) is 11.1 Å². The maximum absolute atomic E-state index is 6.31. The van der Waals surface area contributed by atoms with Gasteiger partial charge in [-0.2, -0.15) is 0 Å². The zero-order valence-corrected chi connectivity index (χ0v) is 12.3. The highest BCUT2D eigenvalue weighted by Gasteiger charge is 2.14. The number of hydrogen-bond donors (Lipinski definition) is 1. The number of benzene rings is 2. The molecule has 0 saturated heterocycles. The van der Waals surface area contributed by atoms with Crippen LogP contribution in [0.2, 0.25) is 10.0 Å². The Balaban J connectivity index is 2.63. The third-order valence-electron chi connectivity index (χ3n) is 2.98. The Morgan fingerprint density at radius 2 is 1.74 bits per heavy atom. The maximum atomic E-state index is 6.31. The van der Waals surface area contributed by atoms with Crippen LogP contribution >= 0.6 is 23.2 Å². The largest absolute Gasteiger partial charge is 0.495 e. The fourth-order valence-electron chi connectivity index (χ4n) is 2.03. The average Bonchev–Trinajstić information content (AvgIpc) is 2.40. The number of hydrogen-bond acceptors (Lipinski definition) is 2. The monoisotopic (exact) mass is 295 g/mol. The first-order valence-electron chi connectivity index (χ1n) is 5.92. The van der Waals surface area contributed by atoms with Gasteiger partial charge in [0.2, 0.25) is 0 Å². The van der Waals surface area contributed by atoms with E-state index < -0.39 is 0 Å². The molecule has 2 aromatic carbocycles. The second-order valence-electron chi connectivity index (χ2n) is 4.34. The first kappa shape index (κ1) is 14.2. The van der Waals surface area contributed by atoms with E-state index in [9.17, 15) is 0 Å². The number of rotatable bonds is 3. The minimum Gasteiger partial charge on any atom is -0.495 e. The fraction of sp³-hybridized carbons (Fsp3) is 0.200. The van der Waals surface area contributed by atoms with Crippen LogP contribution in [0.15, 0.2) is 36.4 Å². The second-order valence-corrected chi connectivity index (χ2v) is 5.16. The molecule has 0 amide bonds. The normalized spacial score (nSPS) is 12.3. The summed E-state index contributed by atoms with van der Waals surface area (Å²) < 4.78 is 5.15. The van der Waals surface area contributed by atoms with Crippen LogP contribution in [0, 0.1) is 0 Å². The Bertz CT molecular complexity index is 597. The van der Waals surface area contributed by atoms with Crippen LogP contribution in [0.1, 0.15) is 18.5 Å². The lowest BCUT2D eigenvalue weighted by atomic mass is 9.96. The van der Waals surface area contributed by atoms with E-state index in [1.54, 1.807) is 13.2 Å². The van der Waals surface area contributed by atoms with Gasteiger partial charge < -0.3 is 10.5 Å². The molecule has 0 aliphatic rings. The Hall–Kier alpha value is -1.22. The average molecular weight is 296 g/mol. The lowest BCUT2D eigenvalue weighted by molar-refractivity contribution is 0.415. The maximum Gasteiger partial charge on any atom is 0.138 e. The van der Waals surface area contributed by atoms with Crippen molar-refractivity contribution in [3.8, 4) is 16.9 Å². The fourth-order valence-corrected chi connectivity index (χ4v) is 2.53. The molecule has 2 aromatic rings. The SMILES string of the molecule is COc1cc(Cl)c(-c2ccccc2C(C)N)cc1Cl. The molecule has 2 N–H and O–H groups in total. The zero-order chi connectivity index (χ0) is 14.0. The summed E-state index contributed by atoms with van der Waals surface area (Å²) in [6.07, 6.45) is 0. The van der Waals surface area contributed by atoms with Crippen molar-refractivity contribution in [1.29, 1.82) is 0 Å². The highest BCUT2D eigenvalue weighted by Crippen LogP contribution is 2.38. The van der Waals surface area contributed by atoms with Gasteiger partial charge in [-0.1, -0.05) is 47.5 Å². The van der Waals surface area contributed by atoms with E-state index in [1.165, 1.54) is 0 Å². The van der Waals surface area contributed by atoms with E-state index in [1.807, 2.05) is 37.3 Å². The zero-order valence-electron chi connectivity index (χ0n) is 10.8. The van der Waals surface area contributed by atoms with E-state index in [4.69, 9.17) is 33.7 Å². The molecule has 0 radical (unpaired) electrons. The summed E-state index contributed by atoms with van der Waals surface area (Å²) in [5.74, 6) is 0.564. The topological polar surface area (TPSA) is 35.2 Å². The van der Waals surface area contributed by atoms with Crippen molar-refractivity contribution in [1.82, 2.24) is 0 Å². The molecule has 1 unspecified atom stereocenters. The molecule has 0 bridgehead atoms. The highest BCUT2D eigenvalue weighted by atomic mass is 35.5. The van der Waals surface area contributed by atoms with Crippen molar-refractivity contribution in [2.75, 3.05) is 7.11 Å². The molecule has 0 saturated carbocycles. The van der Waals surface area contributed by atoms with Crippen molar-refractivity contribution >= 4 is 23.2 Å². The third-order valence-corrected chi connectivity index (χ3v) is 3.59. The number of methoxy groups -OCH3 is 1. The predicted octanol–water partition coefficient (Wildman–Crippen LogP) is 4.69. The minimum atomic E-state index is -0.0758. The van der Waals surface area contributed by atoms with Crippen LogP contribution in [0.5, 0.6) is 5.75 Å². The van der Waals surface area contributed by atoms with E-state index >= 15 is 0 Å². The molecule has 100 valence electrons. The molecular weight excluding hydrogens is 281 g/mol. The molecule has 0 aliphatic heterocycles. The Morgan fingerprint density at radius 3 is 2.37 bits per heavy atom. The van der Waals surface area contributed by atoms with Gasteiger partial charge in [0.05, 0.1) is 17.2 Å². The second kappa shape index (κ2) is 5.83. The van der Waals surface area contributed by atoms with Crippen molar-refractivity contribution < 1.29 is 4.74 Å². The van der Waals surface area contributed by atoms with Crippen LogP contribution in [-0.2, 0) is 0 Å². The quantitative estimate of drug-likeness (QED) is 0.891. The summed E-state index contributed by atoms with van der Waals surface area (Å²) in [6, 6.07) is 11.4. The minimum absolute atomic E-state index is 0.0758. The van der Waals surface area contributed by atoms with Gasteiger partial charge in [0.25, 0.3) is 0 Å². The number of nitrogens with two attached hydrogens (primary N) is 1. The van der Waals surface area contributed by atoms with Crippen LogP contribution < -0.4 is 10.5 Å². The molecule has 0 aromatic heterocycles. The lowest BCUT2D eigenvalue weighted by Gasteiger charge is -2.15. The van der Waals surface area contributed by atoms with E-state index in [0.717, 1.165) is 16.7 Å². The van der Waals surface area contributed by atoms with Gasteiger partial charge in [0.1, 0.15) is 5.75 Å². The van der Waals surface area contributed by atoms with Gasteiger partial charge in [0.15, 0.2) is 0 Å². The first-order valence-corrected chi connectivity index (χ1v) is 6.68. The van der Waals surface area contributed by atoms with E-state index in [-0.39, 0.29) is 6.04 Å². The molecule has 0 heterocycles. The lowest BCUT2D eigenvalue weighted by Crippen LogP contribution is -2.06. The summed E-state index contributed by atoms with van der Waals surface area (Å²) >= 11 is 12.5. The number of ether oxygens (including phenoxy) is 1. The molecule has 2 nitrogen and oxygen atoms in total. The summed E-state index contributed by atoms with van der Waals surface area (Å²) in [4.78, 5) is 0. The van der Waals surface area contributed by atoms with Gasteiger partial charge in [0, 0.05) is 17.7 Å². The molecule has 0 aliphatic carbocycles. The van der Waals surface area contributed by atoms with Crippen LogP contribution in [0.4, 0.5) is 0 Å². The number of halogens is 2. The summed E-state index contributed by atoms with van der Waals surface area (Å²) in [6.45, 7) is 1.94. The van der Waals surface area contributed by atoms with Gasteiger partial charge in [-0.05, 0) is 24.1 Å². The molecule has 0 fully saturated rings. The van der Waals surface area contributed by atoms with Crippen molar-refractivity contribution in [3.63, 3.8) is 0 Å². The van der Waals surface area contributed by atoms with Crippen molar-refractivity contribution in [2.45, 2.75) is 13.0 Å². The summed E-state index contributed by atoms with van der Waals surface area (Å²) in [5, 5.41) is 1.12. The molecular formula is C15H15Cl2NO. The summed E-state index contributed by atoms with van der Waals surface area (Å²) in [5.41, 5.74) is 8.88. The first-order chi connectivity index (χ1) is 9.04. The van der Waals surface area contributed by atoms with Gasteiger partial charge in [-0.25, -0.2) is 0 Å². The smallest absolute Gasteiger partial charge is 0.138 e. The van der Waals surface area contributed by atoms with Crippen LogP contribution in [0.3, 0.4) is 0 Å². The van der Waals surface area contributed by atoms with Gasteiger partial charge in [-0.3, -0.25) is 0 Å². The van der Waals surface area contributed by atoms with Crippen LogP contribution in [-0.4, -0.2) is 7.11 Å². The Morgan fingerprint density at radius 1 is 1.05 bits per heavy atom. The Kier molecular flexibility index (Phi) is 4.35. The molecule has 19 heavy (non-hydrogen) atoms. The van der Waals surface area contributed by atoms with E-state index in [2.05, 4.69) is 0 Å². The van der Waals surface area contributed by atoms with Crippen molar-refractivity contribution in [3.05, 3.63) is 52.0 Å². The van der Waals surface area contributed by atoms with Crippen molar-refractivity contribution in [2.24, 2.45) is 5.73 Å². The summed E-state index contributed by atoms with van der Waals surface area (Å²) in [7, 11) is 1.56. The molecule has 0 spiro atoms. The van der Waals surface area contributed by atoms with Gasteiger partial charge >= 0.3 is 0 Å². The highest BCUT2D eigenvalue weighted by molar-refractivity contribution is 6.36. The molecule has 4 heteroatoms. The van der Waals surface area contributed by atoms with E-state index in [0.29, 0.717) is 15.8 Å². The molecule has 1 atom stereocenters. The Labute approximate surface area is 123 Å². The molecule has 2 rings (SSSR count). The third kappa shape index (κ3) is 2.86.